The Morgan fingerprint density at radius 2 is 1.92 bits per heavy atom. The number of Topliss-reactive ketones (excluding diaryl/α,β-unsaturated/α-hetero) is 1. The summed E-state index contributed by atoms with van der Waals surface area (Å²) in [4.78, 5) is 28.5. The lowest BCUT2D eigenvalue weighted by atomic mass is 10.0. The van der Waals surface area contributed by atoms with Crippen molar-refractivity contribution >= 4 is 38.4 Å². The van der Waals surface area contributed by atoms with Crippen molar-refractivity contribution in [2.45, 2.75) is 44.9 Å². The molecule has 4 aromatic heterocycles. The topological polar surface area (TPSA) is 101 Å². The van der Waals surface area contributed by atoms with E-state index >= 15 is 0 Å². The molecule has 5 heterocycles. The van der Waals surface area contributed by atoms with Gasteiger partial charge >= 0.3 is 0 Å². The summed E-state index contributed by atoms with van der Waals surface area (Å²) >= 11 is 1.62. The van der Waals surface area contributed by atoms with Gasteiger partial charge in [0.2, 0.25) is 0 Å². The third-order valence-corrected chi connectivity index (χ3v) is 9.96. The third kappa shape index (κ3) is 5.75. The highest BCUT2D eigenvalue weighted by Gasteiger charge is 2.35. The van der Waals surface area contributed by atoms with Gasteiger partial charge in [0.05, 0.1) is 33.3 Å². The third-order valence-electron chi connectivity index (χ3n) is 7.55. The number of carbonyl (C=O) groups is 1. The number of ketones is 1. The van der Waals surface area contributed by atoms with E-state index in [1.807, 2.05) is 40.7 Å². The highest BCUT2D eigenvalue weighted by atomic mass is 32.2. The Kier molecular flexibility index (Phi) is 7.84. The molecule has 1 aliphatic heterocycles. The van der Waals surface area contributed by atoms with Gasteiger partial charge in [-0.05, 0) is 56.1 Å². The van der Waals surface area contributed by atoms with Crippen molar-refractivity contribution in [2.75, 3.05) is 37.3 Å². The molecule has 0 aromatic carbocycles. The minimum absolute atomic E-state index is 0.0443. The first-order valence-corrected chi connectivity index (χ1v) is 16.1. The van der Waals surface area contributed by atoms with E-state index in [1.165, 1.54) is 6.26 Å². The summed E-state index contributed by atoms with van der Waals surface area (Å²) in [7, 11) is -3.14. The fraction of sp³-hybridized carbons (Fsp3) is 0.429. The summed E-state index contributed by atoms with van der Waals surface area (Å²) in [5, 5.41) is 6.06. The average molecular weight is 567 g/mol. The smallest absolute Gasteiger partial charge is 0.165 e. The molecular weight excluding hydrogens is 532 g/mol. The SMILES string of the molecule is CCN(CC)[C@@H](C)CCC(=O)c1cc(-c2cnn3ccc(-c4cccs4)nc23)nc(N2CC(S(C)(=O)=O)C2)c1. The van der Waals surface area contributed by atoms with Crippen LogP contribution in [0.4, 0.5) is 5.82 Å². The molecule has 0 saturated carbocycles. The van der Waals surface area contributed by atoms with Crippen LogP contribution >= 0.6 is 11.3 Å². The number of sulfone groups is 1. The van der Waals surface area contributed by atoms with E-state index in [4.69, 9.17) is 9.97 Å². The van der Waals surface area contributed by atoms with Gasteiger partial charge in [-0.1, -0.05) is 19.9 Å². The Balaban J connectivity index is 1.50. The van der Waals surface area contributed by atoms with Gasteiger partial charge in [-0.3, -0.25) is 4.79 Å². The lowest BCUT2D eigenvalue weighted by molar-refractivity contribution is 0.0964. The standard InChI is InChI=1S/C28H34N6O3S2/c1-5-32(6-2)19(3)9-10-25(35)20-14-24(30-27(15-20)33-17-21(18-33)39(4,36)37)22-16-29-34-12-11-23(31-28(22)34)26-8-7-13-38-26/h7-8,11-16,19,21H,5-6,9-10,17-18H2,1-4H3/t19-/m0/s1. The second-order valence-corrected chi connectivity index (χ2v) is 13.4. The van der Waals surface area contributed by atoms with Crippen LogP contribution in [0.3, 0.4) is 0 Å². The summed E-state index contributed by atoms with van der Waals surface area (Å²) in [6.45, 7) is 9.03. The van der Waals surface area contributed by atoms with Crippen molar-refractivity contribution in [3.05, 3.63) is 53.7 Å². The van der Waals surface area contributed by atoms with E-state index in [0.29, 0.717) is 48.3 Å². The van der Waals surface area contributed by atoms with Crippen molar-refractivity contribution in [1.29, 1.82) is 0 Å². The maximum absolute atomic E-state index is 13.5. The molecule has 206 valence electrons. The Labute approximate surface area is 233 Å². The minimum Gasteiger partial charge on any atom is -0.354 e. The predicted molar refractivity (Wildman–Crippen MR) is 156 cm³/mol. The van der Waals surface area contributed by atoms with Gasteiger partial charge in [0.1, 0.15) is 5.82 Å². The number of fused-ring (bicyclic) bond motifs is 1. The fourth-order valence-corrected chi connectivity index (χ4v) is 6.59. The fourth-order valence-electron chi connectivity index (χ4n) is 5.00. The number of hydrogen-bond acceptors (Lipinski definition) is 9. The molecule has 4 aromatic rings. The maximum Gasteiger partial charge on any atom is 0.165 e. The monoisotopic (exact) mass is 566 g/mol. The Hall–Kier alpha value is -3.15. The molecule has 0 aliphatic carbocycles. The van der Waals surface area contributed by atoms with Gasteiger partial charge in [-0.15, -0.1) is 11.3 Å². The van der Waals surface area contributed by atoms with Crippen molar-refractivity contribution in [1.82, 2.24) is 24.5 Å². The molecule has 0 unspecified atom stereocenters. The quantitative estimate of drug-likeness (QED) is 0.246. The Morgan fingerprint density at radius 1 is 1.15 bits per heavy atom. The van der Waals surface area contributed by atoms with Crippen LogP contribution in [0, 0.1) is 0 Å². The molecule has 0 amide bonds. The summed E-state index contributed by atoms with van der Waals surface area (Å²) in [5.74, 6) is 0.643. The molecule has 5 rings (SSSR count). The van der Waals surface area contributed by atoms with Gasteiger partial charge in [-0.25, -0.2) is 22.9 Å². The zero-order chi connectivity index (χ0) is 27.7. The first kappa shape index (κ1) is 27.4. The summed E-state index contributed by atoms with van der Waals surface area (Å²) in [5.41, 5.74) is 3.38. The van der Waals surface area contributed by atoms with Crippen molar-refractivity contribution in [3.63, 3.8) is 0 Å². The van der Waals surface area contributed by atoms with E-state index < -0.39 is 15.1 Å². The molecule has 1 aliphatic rings. The second kappa shape index (κ2) is 11.1. The number of carbonyl (C=O) groups excluding carboxylic acids is 1. The molecule has 0 spiro atoms. The summed E-state index contributed by atoms with van der Waals surface area (Å²) < 4.78 is 25.8. The van der Waals surface area contributed by atoms with Crippen molar-refractivity contribution in [3.8, 4) is 21.8 Å². The Bertz CT molecular complexity index is 1570. The molecule has 9 nitrogen and oxygen atoms in total. The van der Waals surface area contributed by atoms with Crippen molar-refractivity contribution < 1.29 is 13.2 Å². The predicted octanol–water partition coefficient (Wildman–Crippen LogP) is 4.45. The van der Waals surface area contributed by atoms with Gasteiger partial charge in [0, 0.05) is 43.6 Å². The number of aromatic nitrogens is 4. The lowest BCUT2D eigenvalue weighted by Crippen LogP contribution is -2.54. The van der Waals surface area contributed by atoms with Crippen LogP contribution in [0.15, 0.2) is 48.1 Å². The van der Waals surface area contributed by atoms with E-state index in [1.54, 1.807) is 28.1 Å². The molecule has 0 bridgehead atoms. The molecule has 1 atom stereocenters. The first-order chi connectivity index (χ1) is 18.7. The Morgan fingerprint density at radius 3 is 2.59 bits per heavy atom. The highest BCUT2D eigenvalue weighted by Crippen LogP contribution is 2.31. The molecule has 1 fully saturated rings. The maximum atomic E-state index is 13.5. The number of nitrogens with zero attached hydrogens (tertiary/aromatic N) is 6. The number of pyridine rings is 1. The van der Waals surface area contributed by atoms with Gasteiger partial charge < -0.3 is 9.80 Å². The largest absolute Gasteiger partial charge is 0.354 e. The zero-order valence-corrected chi connectivity index (χ0v) is 24.4. The van der Waals surface area contributed by atoms with Crippen LogP contribution < -0.4 is 4.90 Å². The molecule has 0 radical (unpaired) electrons. The van der Waals surface area contributed by atoms with Gasteiger partial charge in [0.15, 0.2) is 21.3 Å². The molecule has 1 saturated heterocycles. The van der Waals surface area contributed by atoms with E-state index in [2.05, 4.69) is 30.8 Å². The number of thiophene rings is 1. The first-order valence-electron chi connectivity index (χ1n) is 13.3. The van der Waals surface area contributed by atoms with Crippen LogP contribution in [0.1, 0.15) is 44.0 Å². The van der Waals surface area contributed by atoms with E-state index in [-0.39, 0.29) is 5.78 Å². The molecule has 39 heavy (non-hydrogen) atoms. The van der Waals surface area contributed by atoms with E-state index in [0.717, 1.165) is 35.6 Å². The van der Waals surface area contributed by atoms with Crippen LogP contribution in [0.2, 0.25) is 0 Å². The number of rotatable bonds is 11. The van der Waals surface area contributed by atoms with Crippen molar-refractivity contribution in [2.24, 2.45) is 0 Å². The summed E-state index contributed by atoms with van der Waals surface area (Å²) in [6, 6.07) is 9.85. The van der Waals surface area contributed by atoms with Crippen LogP contribution in [0.25, 0.3) is 27.5 Å². The average Bonchev–Trinajstić information content (AvgIpc) is 3.56. The molecular formula is C28H34N6O3S2. The van der Waals surface area contributed by atoms with Gasteiger partial charge in [0.25, 0.3) is 0 Å². The molecule has 11 heteroatoms. The van der Waals surface area contributed by atoms with Gasteiger partial charge in [-0.2, -0.15) is 5.10 Å². The van der Waals surface area contributed by atoms with Crippen LogP contribution in [-0.4, -0.2) is 82.4 Å². The lowest BCUT2D eigenvalue weighted by Gasteiger charge is -2.39. The highest BCUT2D eigenvalue weighted by molar-refractivity contribution is 7.91. The van der Waals surface area contributed by atoms with E-state index in [9.17, 15) is 13.2 Å². The zero-order valence-electron chi connectivity index (χ0n) is 22.7. The minimum atomic E-state index is -3.14. The normalized spacial score (nSPS) is 15.2. The number of anilines is 1. The van der Waals surface area contributed by atoms with Crippen LogP contribution in [0.5, 0.6) is 0 Å². The molecule has 0 N–H and O–H groups in total. The summed E-state index contributed by atoms with van der Waals surface area (Å²) in [6.07, 6.45) is 6.04. The second-order valence-electron chi connectivity index (χ2n) is 10.1. The van der Waals surface area contributed by atoms with Crippen LogP contribution in [-0.2, 0) is 9.84 Å². The number of hydrogen-bond donors (Lipinski definition) is 0.